The molecule has 25 heavy (non-hydrogen) atoms. The summed E-state index contributed by atoms with van der Waals surface area (Å²) in [6, 6.07) is 5.55. The number of fused-ring (bicyclic) bond motifs is 1. The van der Waals surface area contributed by atoms with E-state index >= 15 is 0 Å². The number of aromatic nitrogens is 2. The lowest BCUT2D eigenvalue weighted by atomic mass is 9.87. The molecule has 1 aromatic heterocycles. The van der Waals surface area contributed by atoms with E-state index in [-0.39, 0.29) is 12.0 Å². The fraction of sp³-hybridized carbons (Fsp3) is 0.500. The second kappa shape index (κ2) is 7.03. The summed E-state index contributed by atoms with van der Waals surface area (Å²) < 4.78 is 12.8. The van der Waals surface area contributed by atoms with E-state index in [4.69, 9.17) is 14.6 Å². The van der Waals surface area contributed by atoms with Crippen molar-refractivity contribution in [3.63, 3.8) is 0 Å². The number of aliphatic hydroxyl groups is 3. The van der Waals surface area contributed by atoms with Crippen molar-refractivity contribution in [1.29, 1.82) is 0 Å². The average Bonchev–Trinajstić information content (AvgIpc) is 3.04. The Labute approximate surface area is 146 Å². The van der Waals surface area contributed by atoms with Crippen molar-refractivity contribution in [2.75, 3.05) is 13.7 Å². The fourth-order valence-electron chi connectivity index (χ4n) is 3.27. The van der Waals surface area contributed by atoms with Crippen molar-refractivity contribution in [2.24, 2.45) is 5.92 Å². The molecule has 2 heterocycles. The molecule has 136 valence electrons. The Morgan fingerprint density at radius 1 is 1.36 bits per heavy atom. The van der Waals surface area contributed by atoms with Crippen LogP contribution in [-0.2, 0) is 4.74 Å². The highest BCUT2D eigenvalue weighted by atomic mass is 16.5. The Morgan fingerprint density at radius 2 is 2.12 bits per heavy atom. The molecule has 7 nitrogen and oxygen atoms in total. The molecule has 0 radical (unpaired) electrons. The highest BCUT2D eigenvalue weighted by molar-refractivity contribution is 5.79. The highest BCUT2D eigenvalue weighted by Crippen LogP contribution is 2.34. The van der Waals surface area contributed by atoms with E-state index in [1.807, 2.05) is 42.1 Å². The molecule has 1 aliphatic heterocycles. The van der Waals surface area contributed by atoms with Gasteiger partial charge in [-0.15, -0.1) is 0 Å². The van der Waals surface area contributed by atoms with Gasteiger partial charge in [0, 0.05) is 23.6 Å². The van der Waals surface area contributed by atoms with E-state index in [0.717, 1.165) is 16.7 Å². The van der Waals surface area contributed by atoms with Crippen LogP contribution in [0, 0.1) is 5.92 Å². The third-order valence-corrected chi connectivity index (χ3v) is 4.74. The Hall–Kier alpha value is -2.09. The lowest BCUT2D eigenvalue weighted by molar-refractivity contribution is -0.113. The number of methoxy groups -OCH3 is 1. The van der Waals surface area contributed by atoms with Gasteiger partial charge in [0.05, 0.1) is 31.0 Å². The van der Waals surface area contributed by atoms with Crippen LogP contribution in [0.15, 0.2) is 36.2 Å². The quantitative estimate of drug-likeness (QED) is 0.752. The molecular formula is C18H24N2O5. The summed E-state index contributed by atoms with van der Waals surface area (Å²) in [5.41, 5.74) is 0.816. The number of allylic oxidation sites excluding steroid dienone is 2. The molecule has 0 bridgehead atoms. The summed E-state index contributed by atoms with van der Waals surface area (Å²) in [4.78, 5) is 0. The van der Waals surface area contributed by atoms with Crippen LogP contribution < -0.4 is 4.74 Å². The zero-order chi connectivity index (χ0) is 18.1. The van der Waals surface area contributed by atoms with Crippen molar-refractivity contribution in [3.05, 3.63) is 36.2 Å². The first-order valence-electron chi connectivity index (χ1n) is 8.29. The second-order valence-electron chi connectivity index (χ2n) is 6.48. The van der Waals surface area contributed by atoms with Crippen LogP contribution in [0.25, 0.3) is 10.9 Å². The molecule has 1 aliphatic rings. The summed E-state index contributed by atoms with van der Waals surface area (Å²) in [6.45, 7) is 3.21. The van der Waals surface area contributed by atoms with Crippen molar-refractivity contribution in [2.45, 2.75) is 38.2 Å². The number of benzene rings is 1. The maximum atomic E-state index is 10.3. The SMILES string of the molecule is COc1ccc2cn([C@H]3C=C(C)O[C@@H](C(O)C(O)CO)[C@@H]3C)nc2c1. The zero-order valence-corrected chi connectivity index (χ0v) is 14.5. The number of hydrogen-bond acceptors (Lipinski definition) is 6. The topological polar surface area (TPSA) is 97.0 Å². The predicted molar refractivity (Wildman–Crippen MR) is 92.2 cm³/mol. The zero-order valence-electron chi connectivity index (χ0n) is 14.5. The van der Waals surface area contributed by atoms with E-state index in [1.54, 1.807) is 14.0 Å². The lowest BCUT2D eigenvalue weighted by Gasteiger charge is -2.38. The molecule has 0 spiro atoms. The Bertz CT molecular complexity index is 772. The smallest absolute Gasteiger partial charge is 0.131 e. The van der Waals surface area contributed by atoms with E-state index in [9.17, 15) is 10.2 Å². The molecule has 3 rings (SSSR count). The number of ether oxygens (including phenoxy) is 2. The van der Waals surface area contributed by atoms with Crippen molar-refractivity contribution in [3.8, 4) is 5.75 Å². The van der Waals surface area contributed by atoms with E-state index in [2.05, 4.69) is 5.10 Å². The van der Waals surface area contributed by atoms with Crippen molar-refractivity contribution in [1.82, 2.24) is 9.78 Å². The van der Waals surface area contributed by atoms with Crippen LogP contribution in [0.4, 0.5) is 0 Å². The average molecular weight is 348 g/mol. The van der Waals surface area contributed by atoms with Gasteiger partial charge in [-0.2, -0.15) is 5.10 Å². The first-order chi connectivity index (χ1) is 11.9. The molecule has 3 N–H and O–H groups in total. The van der Waals surface area contributed by atoms with E-state index in [1.165, 1.54) is 0 Å². The lowest BCUT2D eigenvalue weighted by Crippen LogP contribution is -2.47. The van der Waals surface area contributed by atoms with Crippen LogP contribution in [0.3, 0.4) is 0 Å². The van der Waals surface area contributed by atoms with Gasteiger partial charge in [0.25, 0.3) is 0 Å². The minimum absolute atomic E-state index is 0.141. The highest BCUT2D eigenvalue weighted by Gasteiger charge is 2.39. The van der Waals surface area contributed by atoms with Crippen LogP contribution in [-0.4, -0.2) is 57.1 Å². The van der Waals surface area contributed by atoms with Gasteiger partial charge in [0.1, 0.15) is 24.1 Å². The van der Waals surface area contributed by atoms with Gasteiger partial charge >= 0.3 is 0 Å². The van der Waals surface area contributed by atoms with Gasteiger partial charge < -0.3 is 24.8 Å². The molecule has 0 saturated carbocycles. The van der Waals surface area contributed by atoms with Crippen LogP contribution in [0.2, 0.25) is 0 Å². The van der Waals surface area contributed by atoms with E-state index < -0.39 is 24.9 Å². The fourth-order valence-corrected chi connectivity index (χ4v) is 3.27. The van der Waals surface area contributed by atoms with Gasteiger partial charge in [-0.25, -0.2) is 0 Å². The Kier molecular flexibility index (Phi) is 4.99. The van der Waals surface area contributed by atoms with Gasteiger partial charge in [-0.05, 0) is 25.1 Å². The summed E-state index contributed by atoms with van der Waals surface area (Å²) in [5.74, 6) is 1.23. The molecule has 2 unspecified atom stereocenters. The number of aliphatic hydroxyl groups excluding tert-OH is 3. The summed E-state index contributed by atoms with van der Waals surface area (Å²) in [6.07, 6.45) is 0.814. The Balaban J connectivity index is 1.94. The largest absolute Gasteiger partial charge is 0.497 e. The third-order valence-electron chi connectivity index (χ3n) is 4.74. The summed E-state index contributed by atoms with van der Waals surface area (Å²) >= 11 is 0. The molecule has 2 aromatic rings. The van der Waals surface area contributed by atoms with Gasteiger partial charge in [0.2, 0.25) is 0 Å². The van der Waals surface area contributed by atoms with E-state index in [0.29, 0.717) is 5.76 Å². The minimum atomic E-state index is -1.25. The molecule has 1 aromatic carbocycles. The molecule has 7 heteroatoms. The molecule has 0 aliphatic carbocycles. The number of rotatable bonds is 5. The van der Waals surface area contributed by atoms with Gasteiger partial charge in [-0.1, -0.05) is 6.92 Å². The third kappa shape index (κ3) is 3.35. The van der Waals surface area contributed by atoms with Crippen LogP contribution in [0.5, 0.6) is 5.75 Å². The van der Waals surface area contributed by atoms with Gasteiger partial charge in [0.15, 0.2) is 0 Å². The van der Waals surface area contributed by atoms with Crippen molar-refractivity contribution >= 4 is 10.9 Å². The standard InChI is InChI=1S/C18H24N2O5/c1-10-6-15(11(2)18(25-10)17(23)16(22)9-21)20-8-12-4-5-13(24-3)7-14(12)19-20/h4-8,11,15-18,21-23H,9H2,1-3H3/t11-,15+,16?,17?,18-/m1/s1. The maximum Gasteiger partial charge on any atom is 0.131 e. The monoisotopic (exact) mass is 348 g/mol. The molecule has 0 saturated heterocycles. The number of nitrogens with zero attached hydrogens (tertiary/aromatic N) is 2. The number of hydrogen-bond donors (Lipinski definition) is 3. The van der Waals surface area contributed by atoms with Gasteiger partial charge in [-0.3, -0.25) is 4.68 Å². The summed E-state index contributed by atoms with van der Waals surface area (Å²) in [7, 11) is 1.61. The normalized spacial score (nSPS) is 26.0. The van der Waals surface area contributed by atoms with Crippen LogP contribution >= 0.6 is 0 Å². The minimum Gasteiger partial charge on any atom is -0.497 e. The molecule has 0 amide bonds. The first-order valence-corrected chi connectivity index (χ1v) is 8.29. The predicted octanol–water partition coefficient (Wildman–Crippen LogP) is 1.24. The maximum absolute atomic E-state index is 10.3. The molecule has 0 fully saturated rings. The molecule has 5 atom stereocenters. The summed E-state index contributed by atoms with van der Waals surface area (Å²) in [5, 5.41) is 34.8. The van der Waals surface area contributed by atoms with Crippen LogP contribution in [0.1, 0.15) is 19.9 Å². The van der Waals surface area contributed by atoms with Crippen molar-refractivity contribution < 1.29 is 24.8 Å². The Morgan fingerprint density at radius 3 is 2.80 bits per heavy atom. The second-order valence-corrected chi connectivity index (χ2v) is 6.48. The first kappa shape index (κ1) is 17.7. The molecular weight excluding hydrogens is 324 g/mol.